The second-order valence-corrected chi connectivity index (χ2v) is 9.32. The summed E-state index contributed by atoms with van der Waals surface area (Å²) in [7, 11) is -3.19. The van der Waals surface area contributed by atoms with Crippen LogP contribution in [0.1, 0.15) is 33.3 Å². The molecule has 0 aromatic heterocycles. The molecule has 2 N–H and O–H groups in total. The maximum Gasteiger partial charge on any atom is 0.191 e. The summed E-state index contributed by atoms with van der Waals surface area (Å²) < 4.78 is 36.9. The highest BCUT2D eigenvalue weighted by Crippen LogP contribution is 2.15. The minimum absolute atomic E-state index is 0.000385. The van der Waals surface area contributed by atoms with Crippen molar-refractivity contribution in [3.8, 4) is 0 Å². The van der Waals surface area contributed by atoms with Gasteiger partial charge in [-0.15, -0.1) is 0 Å². The average molecular weight is 357 g/mol. The summed E-state index contributed by atoms with van der Waals surface area (Å²) in [6.45, 7) is 8.35. The Labute approximate surface area is 144 Å². The molecule has 1 aromatic carbocycles. The van der Waals surface area contributed by atoms with Gasteiger partial charge in [0.25, 0.3) is 0 Å². The number of sulfone groups is 1. The van der Waals surface area contributed by atoms with Crippen molar-refractivity contribution < 1.29 is 12.8 Å². The Morgan fingerprint density at radius 2 is 1.88 bits per heavy atom. The first-order valence-corrected chi connectivity index (χ1v) is 9.80. The van der Waals surface area contributed by atoms with Gasteiger partial charge in [-0.25, -0.2) is 12.8 Å². The molecule has 0 saturated heterocycles. The van der Waals surface area contributed by atoms with Gasteiger partial charge in [-0.2, -0.15) is 0 Å². The molecule has 0 bridgehead atoms. The van der Waals surface area contributed by atoms with Crippen LogP contribution in [0.5, 0.6) is 0 Å². The van der Waals surface area contributed by atoms with Gasteiger partial charge in [-0.1, -0.05) is 18.2 Å². The first kappa shape index (κ1) is 20.4. The lowest BCUT2D eigenvalue weighted by atomic mass is 10.1. The van der Waals surface area contributed by atoms with Crippen LogP contribution >= 0.6 is 0 Å². The van der Waals surface area contributed by atoms with E-state index < -0.39 is 14.6 Å². The van der Waals surface area contributed by atoms with E-state index in [1.807, 2.05) is 6.92 Å². The number of halogens is 1. The summed E-state index contributed by atoms with van der Waals surface area (Å²) in [4.78, 5) is 4.29. The topological polar surface area (TPSA) is 70.6 Å². The predicted octanol–water partition coefficient (Wildman–Crippen LogP) is 2.14. The van der Waals surface area contributed by atoms with Crippen LogP contribution in [-0.4, -0.2) is 44.5 Å². The number of aliphatic imine (C=N–C) groups is 1. The van der Waals surface area contributed by atoms with E-state index in [4.69, 9.17) is 0 Å². The second-order valence-electron chi connectivity index (χ2n) is 6.46. The van der Waals surface area contributed by atoms with E-state index in [0.717, 1.165) is 0 Å². The minimum Gasteiger partial charge on any atom is -0.357 e. The quantitative estimate of drug-likeness (QED) is 0.579. The summed E-state index contributed by atoms with van der Waals surface area (Å²) in [5.74, 6) is 0.316. The highest BCUT2D eigenvalue weighted by Gasteiger charge is 2.28. The zero-order chi connectivity index (χ0) is 18.2. The first-order valence-electron chi connectivity index (χ1n) is 8.15. The smallest absolute Gasteiger partial charge is 0.191 e. The summed E-state index contributed by atoms with van der Waals surface area (Å²) in [6.07, 6.45) is 0.525. The van der Waals surface area contributed by atoms with Crippen LogP contribution in [0.3, 0.4) is 0 Å². The van der Waals surface area contributed by atoms with E-state index in [-0.39, 0.29) is 18.1 Å². The molecule has 136 valence electrons. The summed E-state index contributed by atoms with van der Waals surface area (Å²) in [6, 6.07) is 6.64. The van der Waals surface area contributed by atoms with Gasteiger partial charge in [0.05, 0.1) is 17.0 Å². The van der Waals surface area contributed by atoms with Crippen molar-refractivity contribution in [1.82, 2.24) is 10.6 Å². The van der Waals surface area contributed by atoms with E-state index >= 15 is 0 Å². The van der Waals surface area contributed by atoms with Crippen LogP contribution in [0.2, 0.25) is 0 Å². The van der Waals surface area contributed by atoms with Gasteiger partial charge >= 0.3 is 0 Å². The van der Waals surface area contributed by atoms with Crippen LogP contribution in [-0.2, 0) is 16.3 Å². The van der Waals surface area contributed by atoms with Gasteiger partial charge in [-0.3, -0.25) is 4.99 Å². The largest absolute Gasteiger partial charge is 0.357 e. The lowest BCUT2D eigenvalue weighted by molar-refractivity contribution is 0.560. The molecule has 0 aliphatic heterocycles. The molecule has 7 heteroatoms. The van der Waals surface area contributed by atoms with E-state index in [1.165, 1.54) is 6.07 Å². The molecular weight excluding hydrogens is 329 g/mol. The number of nitrogens with zero attached hydrogens (tertiary/aromatic N) is 1. The molecule has 0 unspecified atom stereocenters. The van der Waals surface area contributed by atoms with E-state index in [9.17, 15) is 12.8 Å². The number of nitrogens with one attached hydrogen (secondary N) is 2. The lowest BCUT2D eigenvalue weighted by Gasteiger charge is -2.18. The van der Waals surface area contributed by atoms with E-state index in [2.05, 4.69) is 15.6 Å². The average Bonchev–Trinajstić information content (AvgIpc) is 2.48. The maximum absolute atomic E-state index is 13.6. The number of hydrogen-bond donors (Lipinski definition) is 2. The molecule has 1 rings (SSSR count). The van der Waals surface area contributed by atoms with Crippen molar-refractivity contribution in [2.75, 3.05) is 25.4 Å². The number of rotatable bonds is 7. The minimum atomic E-state index is -3.19. The molecule has 0 radical (unpaired) electrons. The Hall–Kier alpha value is -1.63. The molecule has 0 aliphatic rings. The zero-order valence-electron chi connectivity index (χ0n) is 14.9. The predicted molar refractivity (Wildman–Crippen MR) is 97.6 cm³/mol. The van der Waals surface area contributed by atoms with Gasteiger partial charge in [0.15, 0.2) is 15.8 Å². The van der Waals surface area contributed by atoms with Gasteiger partial charge in [0.2, 0.25) is 0 Å². The summed E-state index contributed by atoms with van der Waals surface area (Å²) in [5.41, 5.74) is 0.635. The Bertz CT molecular complexity index is 652. The zero-order valence-corrected chi connectivity index (χ0v) is 15.7. The Morgan fingerprint density at radius 1 is 1.21 bits per heavy atom. The third-order valence-electron chi connectivity index (χ3n) is 3.55. The number of guanidine groups is 1. The summed E-state index contributed by atoms with van der Waals surface area (Å²) >= 11 is 0. The van der Waals surface area contributed by atoms with Gasteiger partial charge < -0.3 is 10.6 Å². The lowest BCUT2D eigenvalue weighted by Crippen LogP contribution is -2.39. The van der Waals surface area contributed by atoms with Crippen molar-refractivity contribution in [3.05, 3.63) is 35.6 Å². The standard InChI is InChI=1S/C17H28FN3O2S/c1-5-19-16(21-12-13-24(22,23)17(2,3)4)20-11-10-14-8-6-7-9-15(14)18/h6-9H,5,10-13H2,1-4H3,(H2,19,20,21). The van der Waals surface area contributed by atoms with Gasteiger partial charge in [0, 0.05) is 13.1 Å². The van der Waals surface area contributed by atoms with E-state index in [0.29, 0.717) is 31.0 Å². The summed E-state index contributed by atoms with van der Waals surface area (Å²) in [5, 5.41) is 6.16. The Balaban J connectivity index is 2.56. The monoisotopic (exact) mass is 357 g/mol. The van der Waals surface area contributed by atoms with Crippen LogP contribution in [0, 0.1) is 5.82 Å². The van der Waals surface area contributed by atoms with Crippen LogP contribution in [0.4, 0.5) is 4.39 Å². The highest BCUT2D eigenvalue weighted by molar-refractivity contribution is 7.92. The molecule has 5 nitrogen and oxygen atoms in total. The molecule has 0 atom stereocenters. The fourth-order valence-corrected chi connectivity index (χ4v) is 2.89. The van der Waals surface area contributed by atoms with E-state index in [1.54, 1.807) is 39.0 Å². The Morgan fingerprint density at radius 3 is 2.46 bits per heavy atom. The third kappa shape index (κ3) is 6.47. The van der Waals surface area contributed by atoms with Crippen LogP contribution in [0.15, 0.2) is 29.3 Å². The molecule has 0 heterocycles. The van der Waals surface area contributed by atoms with Crippen molar-refractivity contribution in [2.24, 2.45) is 4.99 Å². The molecular formula is C17H28FN3O2S. The van der Waals surface area contributed by atoms with Crippen molar-refractivity contribution >= 4 is 15.8 Å². The van der Waals surface area contributed by atoms with Crippen molar-refractivity contribution in [2.45, 2.75) is 38.9 Å². The van der Waals surface area contributed by atoms with Crippen LogP contribution < -0.4 is 10.6 Å². The molecule has 0 fully saturated rings. The fourth-order valence-electron chi connectivity index (χ4n) is 1.94. The second kappa shape index (κ2) is 9.01. The maximum atomic E-state index is 13.6. The highest BCUT2D eigenvalue weighted by atomic mass is 32.2. The fraction of sp³-hybridized carbons (Fsp3) is 0.588. The van der Waals surface area contributed by atoms with Gasteiger partial charge in [0.1, 0.15) is 5.82 Å². The molecule has 0 spiro atoms. The first-order chi connectivity index (χ1) is 11.2. The van der Waals surface area contributed by atoms with Gasteiger partial charge in [-0.05, 0) is 45.7 Å². The number of hydrogen-bond acceptors (Lipinski definition) is 3. The molecule has 0 saturated carbocycles. The van der Waals surface area contributed by atoms with Crippen molar-refractivity contribution in [1.29, 1.82) is 0 Å². The molecule has 0 amide bonds. The SMILES string of the molecule is CCNC(=NCCS(=O)(=O)C(C)(C)C)NCCc1ccccc1F. The third-order valence-corrected chi connectivity index (χ3v) is 6.14. The molecule has 24 heavy (non-hydrogen) atoms. The number of benzene rings is 1. The van der Waals surface area contributed by atoms with Crippen molar-refractivity contribution in [3.63, 3.8) is 0 Å². The Kier molecular flexibility index (Phi) is 7.66. The van der Waals surface area contributed by atoms with Crippen LogP contribution in [0.25, 0.3) is 0 Å². The molecule has 0 aliphatic carbocycles. The molecule has 1 aromatic rings. The normalized spacial score (nSPS) is 13.0.